The average Bonchev–Trinajstić information content (AvgIpc) is 3.14. The summed E-state index contributed by atoms with van der Waals surface area (Å²) in [6.07, 6.45) is 18.3. The number of aliphatic hydroxyl groups is 3. The number of unbranched alkanes of at least 4 members (excludes halogenated alkanes) is 15. The quantitative estimate of drug-likeness (QED) is 0.196. The van der Waals surface area contributed by atoms with Gasteiger partial charge in [0.25, 0.3) is 0 Å². The lowest BCUT2D eigenvalue weighted by Crippen LogP contribution is -2.36. The maximum absolute atomic E-state index is 12.3. The SMILES string of the molecule is CCCCCCCCCCCCCCCCCCNc1ccn([C@H]2O[C@@H](CO)[C@H](O)[C@H]2O)c(=O)n1. The third kappa shape index (κ3) is 11.0. The first kappa shape index (κ1) is 29.7. The van der Waals surface area contributed by atoms with Crippen LogP contribution in [-0.4, -0.2) is 56.3 Å². The van der Waals surface area contributed by atoms with Gasteiger partial charge in [-0.25, -0.2) is 4.79 Å². The molecule has 1 aromatic heterocycles. The van der Waals surface area contributed by atoms with Crippen LogP contribution in [0.2, 0.25) is 0 Å². The predicted octanol–water partition coefficient (Wildman–Crippen LogP) is 4.53. The first-order valence-corrected chi connectivity index (χ1v) is 14.0. The van der Waals surface area contributed by atoms with Gasteiger partial charge in [-0.05, 0) is 12.5 Å². The molecule has 0 saturated carbocycles. The minimum atomic E-state index is -1.30. The van der Waals surface area contributed by atoms with Crippen molar-refractivity contribution < 1.29 is 20.1 Å². The maximum atomic E-state index is 12.3. The lowest BCUT2D eigenvalue weighted by molar-refractivity contribution is -0.0549. The molecule has 202 valence electrons. The molecule has 0 radical (unpaired) electrons. The van der Waals surface area contributed by atoms with Crippen molar-refractivity contribution >= 4 is 5.82 Å². The molecule has 0 amide bonds. The summed E-state index contributed by atoms with van der Waals surface area (Å²) < 4.78 is 6.53. The molecule has 2 heterocycles. The van der Waals surface area contributed by atoms with E-state index in [-0.39, 0.29) is 0 Å². The summed E-state index contributed by atoms with van der Waals surface area (Å²) in [4.78, 5) is 16.3. The molecule has 4 atom stereocenters. The van der Waals surface area contributed by atoms with Crippen LogP contribution < -0.4 is 11.0 Å². The van der Waals surface area contributed by atoms with E-state index in [4.69, 9.17) is 4.74 Å². The number of aromatic nitrogens is 2. The van der Waals surface area contributed by atoms with Gasteiger partial charge in [-0.3, -0.25) is 4.57 Å². The number of aliphatic hydroxyl groups excluding tert-OH is 3. The summed E-state index contributed by atoms with van der Waals surface area (Å²) in [6.45, 7) is 2.59. The van der Waals surface area contributed by atoms with Crippen LogP contribution in [0.25, 0.3) is 0 Å². The molecule has 1 aromatic rings. The van der Waals surface area contributed by atoms with E-state index in [9.17, 15) is 20.1 Å². The van der Waals surface area contributed by atoms with Crippen LogP contribution in [0.4, 0.5) is 5.82 Å². The van der Waals surface area contributed by atoms with Gasteiger partial charge in [0, 0.05) is 12.7 Å². The number of nitrogens with zero attached hydrogens (tertiary/aromatic N) is 2. The van der Waals surface area contributed by atoms with Crippen molar-refractivity contribution in [2.45, 2.75) is 134 Å². The zero-order valence-corrected chi connectivity index (χ0v) is 21.7. The number of anilines is 1. The van der Waals surface area contributed by atoms with Crippen LogP contribution in [0.15, 0.2) is 17.1 Å². The van der Waals surface area contributed by atoms with Crippen molar-refractivity contribution in [3.63, 3.8) is 0 Å². The molecule has 0 unspecified atom stereocenters. The van der Waals surface area contributed by atoms with Gasteiger partial charge in [0.2, 0.25) is 0 Å². The summed E-state index contributed by atoms with van der Waals surface area (Å²) >= 11 is 0. The molecule has 8 nitrogen and oxygen atoms in total. The topological polar surface area (TPSA) is 117 Å². The van der Waals surface area contributed by atoms with Crippen molar-refractivity contribution in [3.8, 4) is 0 Å². The minimum Gasteiger partial charge on any atom is -0.394 e. The van der Waals surface area contributed by atoms with Crippen LogP contribution in [-0.2, 0) is 4.74 Å². The second-order valence-corrected chi connectivity index (χ2v) is 9.96. The second kappa shape index (κ2) is 17.9. The largest absolute Gasteiger partial charge is 0.394 e. The Hall–Kier alpha value is -1.48. The third-order valence-corrected chi connectivity index (χ3v) is 6.96. The van der Waals surface area contributed by atoms with Crippen LogP contribution in [0.3, 0.4) is 0 Å². The highest BCUT2D eigenvalue weighted by molar-refractivity contribution is 5.31. The van der Waals surface area contributed by atoms with Gasteiger partial charge in [0.1, 0.15) is 24.1 Å². The Morgan fingerprint density at radius 3 is 1.83 bits per heavy atom. The molecular formula is C27H49N3O5. The number of rotatable bonds is 20. The zero-order chi connectivity index (χ0) is 25.3. The molecule has 1 fully saturated rings. The Morgan fingerprint density at radius 2 is 1.37 bits per heavy atom. The smallest absolute Gasteiger partial charge is 0.351 e. The molecule has 8 heteroatoms. The molecule has 0 bridgehead atoms. The van der Waals surface area contributed by atoms with E-state index in [1.165, 1.54) is 96.1 Å². The van der Waals surface area contributed by atoms with Gasteiger partial charge in [0.05, 0.1) is 6.61 Å². The fraction of sp³-hybridized carbons (Fsp3) is 0.852. The van der Waals surface area contributed by atoms with Crippen molar-refractivity contribution in [1.82, 2.24) is 9.55 Å². The first-order valence-electron chi connectivity index (χ1n) is 14.0. The number of hydrogen-bond donors (Lipinski definition) is 4. The molecule has 0 aliphatic carbocycles. The van der Waals surface area contributed by atoms with Crippen molar-refractivity contribution in [3.05, 3.63) is 22.7 Å². The van der Waals surface area contributed by atoms with E-state index in [1.807, 2.05) is 0 Å². The number of ether oxygens (including phenoxy) is 1. The summed E-state index contributed by atoms with van der Waals surface area (Å²) in [6, 6.07) is 1.66. The molecule has 2 rings (SSSR count). The molecular weight excluding hydrogens is 446 g/mol. The average molecular weight is 496 g/mol. The second-order valence-electron chi connectivity index (χ2n) is 9.96. The van der Waals surface area contributed by atoms with Gasteiger partial charge in [0.15, 0.2) is 6.23 Å². The van der Waals surface area contributed by atoms with E-state index in [0.29, 0.717) is 5.82 Å². The van der Waals surface area contributed by atoms with Crippen molar-refractivity contribution in [2.75, 3.05) is 18.5 Å². The van der Waals surface area contributed by atoms with Gasteiger partial charge in [-0.15, -0.1) is 0 Å². The summed E-state index contributed by atoms with van der Waals surface area (Å²) in [5.74, 6) is 0.485. The molecule has 0 spiro atoms. The minimum absolute atomic E-state index is 0.435. The first-order chi connectivity index (χ1) is 17.1. The van der Waals surface area contributed by atoms with Gasteiger partial charge in [-0.1, -0.05) is 103 Å². The molecule has 1 aliphatic rings. The Kier molecular flexibility index (Phi) is 15.2. The lowest BCUT2D eigenvalue weighted by atomic mass is 10.0. The number of hydrogen-bond acceptors (Lipinski definition) is 7. The fourth-order valence-corrected chi connectivity index (χ4v) is 4.70. The van der Waals surface area contributed by atoms with E-state index in [0.717, 1.165) is 24.0 Å². The summed E-state index contributed by atoms with van der Waals surface area (Å²) in [5, 5.41) is 32.3. The highest BCUT2D eigenvalue weighted by atomic mass is 16.6. The van der Waals surface area contributed by atoms with Crippen LogP contribution >= 0.6 is 0 Å². The highest BCUT2D eigenvalue weighted by Crippen LogP contribution is 2.28. The standard InChI is InChI=1S/C27H49N3O5/c1-2-3-4-5-6-7-8-9-10-11-12-13-14-15-16-17-19-28-23-18-20-30(27(34)29-23)26-25(33)24(32)22(21-31)35-26/h18,20,22,24-26,31-33H,2-17,19,21H2,1H3,(H,28,29,34)/t22-,24-,25+,26-/m0/s1. The lowest BCUT2D eigenvalue weighted by Gasteiger charge is -2.17. The van der Waals surface area contributed by atoms with E-state index in [2.05, 4.69) is 17.2 Å². The van der Waals surface area contributed by atoms with E-state index in [1.54, 1.807) is 6.07 Å². The molecule has 1 saturated heterocycles. The van der Waals surface area contributed by atoms with Crippen LogP contribution in [0, 0.1) is 0 Å². The Labute approximate surface area is 211 Å². The zero-order valence-electron chi connectivity index (χ0n) is 21.7. The molecule has 35 heavy (non-hydrogen) atoms. The predicted molar refractivity (Wildman–Crippen MR) is 140 cm³/mol. The summed E-state index contributed by atoms with van der Waals surface area (Å²) in [5.41, 5.74) is -0.572. The van der Waals surface area contributed by atoms with Crippen LogP contribution in [0.5, 0.6) is 0 Å². The number of nitrogens with one attached hydrogen (secondary N) is 1. The van der Waals surface area contributed by atoms with Crippen molar-refractivity contribution in [1.29, 1.82) is 0 Å². The Bertz CT molecular complexity index is 729. The van der Waals surface area contributed by atoms with Crippen molar-refractivity contribution in [2.24, 2.45) is 0 Å². The maximum Gasteiger partial charge on any atom is 0.351 e. The normalized spacial score (nSPS) is 22.1. The highest BCUT2D eigenvalue weighted by Gasteiger charge is 2.43. The van der Waals surface area contributed by atoms with Gasteiger partial charge < -0.3 is 25.4 Å². The Morgan fingerprint density at radius 1 is 0.857 bits per heavy atom. The molecule has 4 N–H and O–H groups in total. The van der Waals surface area contributed by atoms with Gasteiger partial charge in [-0.2, -0.15) is 4.98 Å². The van der Waals surface area contributed by atoms with E-state index < -0.39 is 36.8 Å². The Balaban J connectivity index is 1.46. The van der Waals surface area contributed by atoms with Gasteiger partial charge >= 0.3 is 5.69 Å². The molecule has 0 aromatic carbocycles. The summed E-state index contributed by atoms with van der Waals surface area (Å²) in [7, 11) is 0. The molecule has 1 aliphatic heterocycles. The van der Waals surface area contributed by atoms with Crippen LogP contribution in [0.1, 0.15) is 116 Å². The van der Waals surface area contributed by atoms with E-state index >= 15 is 0 Å². The fourth-order valence-electron chi connectivity index (χ4n) is 4.70. The third-order valence-electron chi connectivity index (χ3n) is 6.96. The monoisotopic (exact) mass is 495 g/mol.